The van der Waals surface area contributed by atoms with Gasteiger partial charge in [-0.1, -0.05) is 6.92 Å². The van der Waals surface area contributed by atoms with Crippen LogP contribution in [0.3, 0.4) is 0 Å². The molecule has 8 heteroatoms. The van der Waals surface area contributed by atoms with Crippen LogP contribution in [-0.4, -0.2) is 55.0 Å². The first kappa shape index (κ1) is 21.0. The van der Waals surface area contributed by atoms with E-state index in [9.17, 15) is 4.79 Å². The number of hydrogen-bond donors (Lipinski definition) is 2. The van der Waals surface area contributed by atoms with Gasteiger partial charge in [0.15, 0.2) is 0 Å². The van der Waals surface area contributed by atoms with Crippen molar-refractivity contribution in [3.8, 4) is 11.4 Å². The normalized spacial score (nSPS) is 20.4. The molecule has 4 aromatic heterocycles. The first-order valence-electron chi connectivity index (χ1n) is 12.1. The van der Waals surface area contributed by atoms with Crippen LogP contribution >= 0.6 is 0 Å². The number of pyridine rings is 3. The zero-order chi connectivity index (χ0) is 23.2. The van der Waals surface area contributed by atoms with E-state index in [0.717, 1.165) is 59.0 Å². The minimum Gasteiger partial charge on any atom is -0.364 e. The maximum atomic E-state index is 12.2. The molecule has 1 aliphatic heterocycles. The molecular weight excluding hydrogens is 426 g/mol. The lowest BCUT2D eigenvalue weighted by molar-refractivity contribution is 0.0659. The van der Waals surface area contributed by atoms with Crippen molar-refractivity contribution in [2.24, 2.45) is 0 Å². The Morgan fingerprint density at radius 2 is 1.88 bits per heavy atom. The number of anilines is 1. The zero-order valence-electron chi connectivity index (χ0n) is 19.6. The van der Waals surface area contributed by atoms with Crippen LogP contribution in [0.15, 0.2) is 47.7 Å². The summed E-state index contributed by atoms with van der Waals surface area (Å²) < 4.78 is 0. The molecule has 8 nitrogen and oxygen atoms in total. The van der Waals surface area contributed by atoms with Gasteiger partial charge in [-0.25, -0.2) is 4.98 Å². The van der Waals surface area contributed by atoms with Crippen molar-refractivity contribution >= 4 is 16.7 Å². The standard InChI is InChI=1S/C26H29N7O/c1-3-18-11-21-22(31-26(18)34)10-17(12-28-21)15-32-8-9-33(25-7-6-24(25)32)19-4-5-20(29-13-19)23-14-27-16(2)30-23/h4-5,10-14,24-25H,3,6-9,15H2,1-2H3,(H,27,30)(H,31,34). The first-order chi connectivity index (χ1) is 16.6. The second-order valence-electron chi connectivity index (χ2n) is 9.41. The number of nitrogens with zero attached hydrogens (tertiary/aromatic N) is 5. The highest BCUT2D eigenvalue weighted by molar-refractivity contribution is 5.74. The Kier molecular flexibility index (Phi) is 5.17. The topological polar surface area (TPSA) is 93.8 Å². The molecule has 2 atom stereocenters. The van der Waals surface area contributed by atoms with Gasteiger partial charge >= 0.3 is 0 Å². The van der Waals surface area contributed by atoms with E-state index in [4.69, 9.17) is 4.98 Å². The average molecular weight is 456 g/mol. The van der Waals surface area contributed by atoms with E-state index in [0.29, 0.717) is 18.5 Å². The maximum absolute atomic E-state index is 12.2. The van der Waals surface area contributed by atoms with Gasteiger partial charge in [-0.05, 0) is 56.0 Å². The predicted molar refractivity (Wildman–Crippen MR) is 133 cm³/mol. The molecule has 2 N–H and O–H groups in total. The van der Waals surface area contributed by atoms with Crippen molar-refractivity contribution in [3.05, 3.63) is 70.2 Å². The lowest BCUT2D eigenvalue weighted by Crippen LogP contribution is -2.64. The Balaban J connectivity index is 1.17. The van der Waals surface area contributed by atoms with Gasteiger partial charge < -0.3 is 14.9 Å². The van der Waals surface area contributed by atoms with Crippen LogP contribution in [-0.2, 0) is 13.0 Å². The number of H-pyrrole nitrogens is 2. The van der Waals surface area contributed by atoms with Crippen molar-refractivity contribution in [1.82, 2.24) is 29.8 Å². The Morgan fingerprint density at radius 1 is 1.00 bits per heavy atom. The Hall–Kier alpha value is -3.52. The fourth-order valence-corrected chi connectivity index (χ4v) is 5.36. The molecule has 4 aromatic rings. The molecule has 0 spiro atoms. The van der Waals surface area contributed by atoms with Crippen molar-refractivity contribution in [2.45, 2.75) is 51.7 Å². The Morgan fingerprint density at radius 3 is 2.59 bits per heavy atom. The summed E-state index contributed by atoms with van der Waals surface area (Å²) in [5.41, 5.74) is 6.65. The third kappa shape index (κ3) is 3.68. The molecule has 1 saturated heterocycles. The van der Waals surface area contributed by atoms with Gasteiger partial charge in [-0.3, -0.25) is 19.7 Å². The van der Waals surface area contributed by atoms with Crippen molar-refractivity contribution in [2.75, 3.05) is 18.0 Å². The maximum Gasteiger partial charge on any atom is 0.251 e. The summed E-state index contributed by atoms with van der Waals surface area (Å²) in [5.74, 6) is 0.896. The fraction of sp³-hybridized carbons (Fsp3) is 0.385. The summed E-state index contributed by atoms with van der Waals surface area (Å²) in [7, 11) is 0. The minimum atomic E-state index is -0.0103. The first-order valence-corrected chi connectivity index (χ1v) is 12.1. The van der Waals surface area contributed by atoms with Gasteiger partial charge in [0.05, 0.1) is 40.5 Å². The van der Waals surface area contributed by atoms with Gasteiger partial charge in [0.2, 0.25) is 0 Å². The smallest absolute Gasteiger partial charge is 0.251 e. The molecule has 0 bridgehead atoms. The average Bonchev–Trinajstić information content (AvgIpc) is 3.26. The van der Waals surface area contributed by atoms with Gasteiger partial charge in [0, 0.05) is 43.5 Å². The number of piperazine rings is 1. The molecule has 174 valence electrons. The highest BCUT2D eigenvalue weighted by Gasteiger charge is 2.42. The number of rotatable bonds is 5. The largest absolute Gasteiger partial charge is 0.364 e. The predicted octanol–water partition coefficient (Wildman–Crippen LogP) is 3.43. The minimum absolute atomic E-state index is 0.0103. The highest BCUT2D eigenvalue weighted by Crippen LogP contribution is 2.37. The van der Waals surface area contributed by atoms with Crippen LogP contribution < -0.4 is 10.5 Å². The van der Waals surface area contributed by atoms with Crippen LogP contribution in [0.25, 0.3) is 22.4 Å². The summed E-state index contributed by atoms with van der Waals surface area (Å²) in [5, 5.41) is 0. The summed E-state index contributed by atoms with van der Waals surface area (Å²) in [4.78, 5) is 37.2. The molecule has 1 aliphatic carbocycles. The van der Waals surface area contributed by atoms with E-state index < -0.39 is 0 Å². The summed E-state index contributed by atoms with van der Waals surface area (Å²) in [6, 6.07) is 9.29. The quantitative estimate of drug-likeness (QED) is 0.479. The number of aromatic amines is 2. The number of aryl methyl sites for hydroxylation is 2. The summed E-state index contributed by atoms with van der Waals surface area (Å²) in [6.45, 7) is 6.76. The molecule has 0 aromatic carbocycles. The van der Waals surface area contributed by atoms with Gasteiger partial charge in [0.25, 0.3) is 5.56 Å². The molecule has 5 heterocycles. The van der Waals surface area contributed by atoms with Gasteiger partial charge in [-0.2, -0.15) is 0 Å². The van der Waals surface area contributed by atoms with E-state index in [1.165, 1.54) is 18.5 Å². The number of imidazole rings is 1. The molecule has 2 unspecified atom stereocenters. The van der Waals surface area contributed by atoms with Crippen molar-refractivity contribution in [1.29, 1.82) is 0 Å². The molecule has 34 heavy (non-hydrogen) atoms. The third-order valence-electron chi connectivity index (χ3n) is 7.35. The number of fused-ring (bicyclic) bond motifs is 2. The van der Waals surface area contributed by atoms with E-state index in [1.807, 2.05) is 38.5 Å². The lowest BCUT2D eigenvalue weighted by Gasteiger charge is -2.54. The van der Waals surface area contributed by atoms with Crippen LogP contribution in [0.1, 0.15) is 36.7 Å². The van der Waals surface area contributed by atoms with E-state index in [2.05, 4.69) is 47.9 Å². The van der Waals surface area contributed by atoms with E-state index >= 15 is 0 Å². The Labute approximate surface area is 198 Å². The summed E-state index contributed by atoms with van der Waals surface area (Å²) in [6.07, 6.45) is 8.90. The van der Waals surface area contributed by atoms with Crippen LogP contribution in [0.4, 0.5) is 5.69 Å². The van der Waals surface area contributed by atoms with E-state index in [-0.39, 0.29) is 5.56 Å². The Bertz CT molecular complexity index is 1390. The highest BCUT2D eigenvalue weighted by atomic mass is 16.1. The fourth-order valence-electron chi connectivity index (χ4n) is 5.36. The third-order valence-corrected chi connectivity index (χ3v) is 7.35. The van der Waals surface area contributed by atoms with Crippen LogP contribution in [0, 0.1) is 6.92 Å². The SMILES string of the molecule is CCc1cc2ncc(CN3CCN(c4ccc(-c5cnc(C)[nH]5)nc4)C4CCC43)cc2[nH]c1=O. The lowest BCUT2D eigenvalue weighted by atomic mass is 9.81. The molecular formula is C26H29N7O. The van der Waals surface area contributed by atoms with Crippen molar-refractivity contribution < 1.29 is 0 Å². The monoisotopic (exact) mass is 455 g/mol. The van der Waals surface area contributed by atoms with Gasteiger partial charge in [-0.15, -0.1) is 0 Å². The molecule has 2 fully saturated rings. The summed E-state index contributed by atoms with van der Waals surface area (Å²) >= 11 is 0. The molecule has 0 radical (unpaired) electrons. The van der Waals surface area contributed by atoms with Crippen LogP contribution in [0.5, 0.6) is 0 Å². The molecule has 2 aliphatic rings. The van der Waals surface area contributed by atoms with E-state index in [1.54, 1.807) is 0 Å². The zero-order valence-corrected chi connectivity index (χ0v) is 19.6. The van der Waals surface area contributed by atoms with Gasteiger partial charge in [0.1, 0.15) is 5.82 Å². The number of nitrogens with one attached hydrogen (secondary N) is 2. The van der Waals surface area contributed by atoms with Crippen molar-refractivity contribution in [3.63, 3.8) is 0 Å². The molecule has 6 rings (SSSR count). The second-order valence-corrected chi connectivity index (χ2v) is 9.41. The molecule has 1 saturated carbocycles. The second kappa shape index (κ2) is 8.36. The molecule has 0 amide bonds. The number of aromatic nitrogens is 5. The number of hydrogen-bond acceptors (Lipinski definition) is 6. The van der Waals surface area contributed by atoms with Crippen LogP contribution in [0.2, 0.25) is 0 Å².